The first kappa shape index (κ1) is 26.4. The Morgan fingerprint density at radius 1 is 1.19 bits per heavy atom. The van der Waals surface area contributed by atoms with E-state index in [-0.39, 0.29) is 34.8 Å². The molecule has 1 aromatic rings. The highest BCUT2D eigenvalue weighted by Crippen LogP contribution is 2.26. The fourth-order valence-electron chi connectivity index (χ4n) is 3.33. The number of halogens is 3. The highest BCUT2D eigenvalue weighted by Gasteiger charge is 2.28. The molecule has 0 radical (unpaired) electrons. The standard InChI is InChI=1S/C20H30F3N3O5S/c1-15(2)24-32(28,29)18-13-16(5-6-17(18)30-3)19(27)26-10-8-25(9-11-26)7-4-12-31-14-20(21,22)23/h5-6,13,15,24H,4,7-12,14H2,1-3H3. The molecule has 32 heavy (non-hydrogen) atoms. The van der Waals surface area contributed by atoms with Gasteiger partial charge in [-0.3, -0.25) is 9.69 Å². The van der Waals surface area contributed by atoms with Crippen molar-refractivity contribution >= 4 is 15.9 Å². The van der Waals surface area contributed by atoms with E-state index in [2.05, 4.69) is 14.4 Å². The van der Waals surface area contributed by atoms with Crippen molar-refractivity contribution in [1.82, 2.24) is 14.5 Å². The number of rotatable bonds is 10. The number of sulfonamides is 1. The Morgan fingerprint density at radius 2 is 1.84 bits per heavy atom. The molecule has 0 spiro atoms. The largest absolute Gasteiger partial charge is 0.495 e. The number of piperazine rings is 1. The number of ether oxygens (including phenoxy) is 2. The van der Waals surface area contributed by atoms with Gasteiger partial charge in [-0.15, -0.1) is 0 Å². The summed E-state index contributed by atoms with van der Waals surface area (Å²) in [5, 5.41) is 0. The maximum Gasteiger partial charge on any atom is 0.411 e. The van der Waals surface area contributed by atoms with Gasteiger partial charge in [-0.25, -0.2) is 13.1 Å². The van der Waals surface area contributed by atoms with E-state index in [0.717, 1.165) is 0 Å². The predicted molar refractivity (Wildman–Crippen MR) is 112 cm³/mol. The minimum Gasteiger partial charge on any atom is -0.495 e. The quantitative estimate of drug-likeness (QED) is 0.515. The van der Waals surface area contributed by atoms with Crippen LogP contribution in [0.15, 0.2) is 23.1 Å². The highest BCUT2D eigenvalue weighted by atomic mass is 32.2. The number of carbonyl (C=O) groups excluding carboxylic acids is 1. The molecule has 1 heterocycles. The maximum atomic E-state index is 12.9. The average Bonchev–Trinajstić information content (AvgIpc) is 2.71. The van der Waals surface area contributed by atoms with Crippen LogP contribution in [0.5, 0.6) is 5.75 Å². The molecule has 182 valence electrons. The molecule has 0 aliphatic carbocycles. The van der Waals surface area contributed by atoms with Crippen LogP contribution in [0.1, 0.15) is 30.6 Å². The number of benzene rings is 1. The number of amides is 1. The molecular formula is C20H30F3N3O5S. The van der Waals surface area contributed by atoms with Gasteiger partial charge in [-0.1, -0.05) is 0 Å². The summed E-state index contributed by atoms with van der Waals surface area (Å²) >= 11 is 0. The average molecular weight is 482 g/mol. The summed E-state index contributed by atoms with van der Waals surface area (Å²) in [4.78, 5) is 16.5. The van der Waals surface area contributed by atoms with Crippen molar-refractivity contribution in [3.8, 4) is 5.75 Å². The lowest BCUT2D eigenvalue weighted by Gasteiger charge is -2.34. The molecule has 1 aromatic carbocycles. The summed E-state index contributed by atoms with van der Waals surface area (Å²) in [5.74, 6) is -0.144. The minimum absolute atomic E-state index is 0.0200. The van der Waals surface area contributed by atoms with Gasteiger partial charge in [0.05, 0.1) is 7.11 Å². The topological polar surface area (TPSA) is 88.2 Å². The Kier molecular flexibility index (Phi) is 9.31. The first-order valence-electron chi connectivity index (χ1n) is 10.3. The van der Waals surface area contributed by atoms with Crippen LogP contribution in [0.3, 0.4) is 0 Å². The Labute approximate surface area is 186 Å². The number of carbonyl (C=O) groups is 1. The van der Waals surface area contributed by atoms with Crippen molar-refractivity contribution in [3.05, 3.63) is 23.8 Å². The van der Waals surface area contributed by atoms with Gasteiger partial charge >= 0.3 is 6.18 Å². The van der Waals surface area contributed by atoms with Crippen molar-refractivity contribution in [2.24, 2.45) is 0 Å². The SMILES string of the molecule is COc1ccc(C(=O)N2CCN(CCCOCC(F)(F)F)CC2)cc1S(=O)(=O)NC(C)C. The Morgan fingerprint density at radius 3 is 2.41 bits per heavy atom. The van der Waals surface area contributed by atoms with Crippen LogP contribution >= 0.6 is 0 Å². The molecule has 2 rings (SSSR count). The van der Waals surface area contributed by atoms with Crippen molar-refractivity contribution in [2.45, 2.75) is 37.4 Å². The molecule has 1 aliphatic heterocycles. The summed E-state index contributed by atoms with van der Waals surface area (Å²) in [6.45, 7) is 4.74. The lowest BCUT2D eigenvalue weighted by molar-refractivity contribution is -0.174. The minimum atomic E-state index is -4.32. The zero-order valence-electron chi connectivity index (χ0n) is 18.4. The van der Waals surface area contributed by atoms with E-state index in [1.165, 1.54) is 25.3 Å². The molecule has 12 heteroatoms. The molecule has 0 saturated carbocycles. The monoisotopic (exact) mass is 481 g/mol. The van der Waals surface area contributed by atoms with E-state index >= 15 is 0 Å². The first-order valence-corrected chi connectivity index (χ1v) is 11.8. The van der Waals surface area contributed by atoms with Gasteiger partial charge in [0.15, 0.2) is 0 Å². The van der Waals surface area contributed by atoms with Gasteiger partial charge in [-0.2, -0.15) is 13.2 Å². The predicted octanol–water partition coefficient (Wildman–Crippen LogP) is 2.11. The van der Waals surface area contributed by atoms with Gasteiger partial charge in [0.1, 0.15) is 17.3 Å². The third-order valence-corrected chi connectivity index (χ3v) is 6.46. The van der Waals surface area contributed by atoms with E-state index in [4.69, 9.17) is 4.74 Å². The molecule has 8 nitrogen and oxygen atoms in total. The van der Waals surface area contributed by atoms with Crippen LogP contribution in [-0.4, -0.2) is 89.4 Å². The lowest BCUT2D eigenvalue weighted by Crippen LogP contribution is -2.49. The van der Waals surface area contributed by atoms with E-state index in [1.54, 1.807) is 18.7 Å². The van der Waals surface area contributed by atoms with E-state index in [0.29, 0.717) is 39.1 Å². The maximum absolute atomic E-state index is 12.9. The fourth-order valence-corrected chi connectivity index (χ4v) is 4.77. The summed E-state index contributed by atoms with van der Waals surface area (Å²) in [7, 11) is -2.50. The van der Waals surface area contributed by atoms with Crippen molar-refractivity contribution in [1.29, 1.82) is 0 Å². The van der Waals surface area contributed by atoms with Gasteiger partial charge in [-0.05, 0) is 38.5 Å². The van der Waals surface area contributed by atoms with Crippen molar-refractivity contribution in [2.75, 3.05) is 53.0 Å². The second-order valence-corrected chi connectivity index (χ2v) is 9.48. The van der Waals surface area contributed by atoms with Crippen LogP contribution in [-0.2, 0) is 14.8 Å². The molecule has 1 amide bonds. The van der Waals surface area contributed by atoms with Crippen LogP contribution < -0.4 is 9.46 Å². The van der Waals surface area contributed by atoms with E-state index in [1.807, 2.05) is 0 Å². The number of nitrogens with zero attached hydrogens (tertiary/aromatic N) is 2. The second kappa shape index (κ2) is 11.3. The van der Waals surface area contributed by atoms with Gasteiger partial charge < -0.3 is 14.4 Å². The second-order valence-electron chi connectivity index (χ2n) is 7.80. The molecule has 1 fully saturated rings. The molecular weight excluding hydrogens is 451 g/mol. The van der Waals surface area contributed by atoms with E-state index < -0.39 is 22.8 Å². The Balaban J connectivity index is 1.94. The normalized spacial score (nSPS) is 15.9. The van der Waals surface area contributed by atoms with Crippen molar-refractivity contribution < 1.29 is 35.9 Å². The van der Waals surface area contributed by atoms with Crippen LogP contribution in [0.4, 0.5) is 13.2 Å². The molecule has 0 atom stereocenters. The Hall–Kier alpha value is -1.89. The molecule has 0 unspecified atom stereocenters. The first-order chi connectivity index (χ1) is 14.9. The number of nitrogens with one attached hydrogen (secondary N) is 1. The number of hydrogen-bond acceptors (Lipinski definition) is 6. The highest BCUT2D eigenvalue weighted by molar-refractivity contribution is 7.89. The van der Waals surface area contributed by atoms with Gasteiger partial charge in [0.25, 0.3) is 5.91 Å². The summed E-state index contributed by atoms with van der Waals surface area (Å²) < 4.78 is 73.7. The number of methoxy groups -OCH3 is 1. The van der Waals surface area contributed by atoms with Gasteiger partial charge in [0, 0.05) is 50.9 Å². The molecule has 1 aliphatic rings. The van der Waals surface area contributed by atoms with Crippen molar-refractivity contribution in [3.63, 3.8) is 0 Å². The molecule has 0 bridgehead atoms. The Bertz CT molecular complexity index is 870. The molecule has 0 aromatic heterocycles. The van der Waals surface area contributed by atoms with Gasteiger partial charge in [0.2, 0.25) is 10.0 Å². The fraction of sp³-hybridized carbons (Fsp3) is 0.650. The molecule has 1 saturated heterocycles. The smallest absolute Gasteiger partial charge is 0.411 e. The number of hydrogen-bond donors (Lipinski definition) is 1. The third kappa shape index (κ3) is 7.91. The van der Waals surface area contributed by atoms with E-state index in [9.17, 15) is 26.4 Å². The van der Waals surface area contributed by atoms with Crippen LogP contribution in [0.25, 0.3) is 0 Å². The third-order valence-electron chi connectivity index (χ3n) is 4.78. The lowest BCUT2D eigenvalue weighted by atomic mass is 10.1. The summed E-state index contributed by atoms with van der Waals surface area (Å²) in [5.41, 5.74) is 0.240. The van der Waals surface area contributed by atoms with Crippen LogP contribution in [0.2, 0.25) is 0 Å². The molecule has 1 N–H and O–H groups in total. The zero-order chi connectivity index (χ0) is 23.9. The summed E-state index contributed by atoms with van der Waals surface area (Å²) in [6.07, 6.45) is -3.86. The number of alkyl halides is 3. The van der Waals surface area contributed by atoms with Crippen LogP contribution in [0, 0.1) is 0 Å². The summed E-state index contributed by atoms with van der Waals surface area (Å²) in [6, 6.07) is 3.98. The zero-order valence-corrected chi connectivity index (χ0v) is 19.3.